The first-order chi connectivity index (χ1) is 17.5. The summed E-state index contributed by atoms with van der Waals surface area (Å²) in [6, 6.07) is 6.39. The number of benzene rings is 1. The third kappa shape index (κ3) is 6.51. The van der Waals surface area contributed by atoms with Gasteiger partial charge in [0, 0.05) is 6.54 Å². The fourth-order valence-electron chi connectivity index (χ4n) is 4.62. The van der Waals surface area contributed by atoms with Crippen LogP contribution in [0.5, 0.6) is 0 Å². The zero-order valence-electron chi connectivity index (χ0n) is 21.2. The molecule has 204 valence electrons. The zero-order chi connectivity index (χ0) is 27.6. The Kier molecular flexibility index (Phi) is 10.7. The number of Topliss-reactive ketones (excluding diaryl/α,β-unsaturated/α-hetero) is 2. The number of aliphatic imine (C=N–C) groups is 1. The highest BCUT2D eigenvalue weighted by Gasteiger charge is 2.69. The first kappa shape index (κ1) is 29.9. The second-order valence-electron chi connectivity index (χ2n) is 9.24. The van der Waals surface area contributed by atoms with Crippen LogP contribution in [-0.4, -0.2) is 71.9 Å². The van der Waals surface area contributed by atoms with E-state index in [1.807, 2.05) is 6.92 Å². The van der Waals surface area contributed by atoms with Gasteiger partial charge in [-0.3, -0.25) is 19.4 Å². The van der Waals surface area contributed by atoms with Gasteiger partial charge in [0.15, 0.2) is 28.5 Å². The predicted octanol–water partition coefficient (Wildman–Crippen LogP) is -0.778. The molecule has 12 nitrogen and oxygen atoms in total. The number of nitrogens with zero attached hydrogens (tertiary/aromatic N) is 1. The van der Waals surface area contributed by atoms with Crippen molar-refractivity contribution in [3.8, 4) is 0 Å². The molecule has 10 N–H and O–H groups in total. The van der Waals surface area contributed by atoms with Crippen LogP contribution in [0.2, 0.25) is 0 Å². The van der Waals surface area contributed by atoms with Crippen molar-refractivity contribution in [2.75, 3.05) is 19.7 Å². The van der Waals surface area contributed by atoms with Gasteiger partial charge in [-0.2, -0.15) is 0 Å². The number of carboxylic acids is 1. The van der Waals surface area contributed by atoms with E-state index < -0.39 is 53.0 Å². The van der Waals surface area contributed by atoms with Gasteiger partial charge in [-0.05, 0) is 44.2 Å². The monoisotopic (exact) mass is 518 g/mol. The van der Waals surface area contributed by atoms with Crippen molar-refractivity contribution < 1.29 is 29.0 Å². The zero-order valence-corrected chi connectivity index (χ0v) is 21.2. The van der Waals surface area contributed by atoms with Crippen molar-refractivity contribution in [1.29, 1.82) is 0 Å². The van der Waals surface area contributed by atoms with Crippen LogP contribution in [0.25, 0.3) is 0 Å². The SMILES string of the molecule is CCCCOC(=O)[C@](CCN=C(N)N)(C(=O)[C@H](N)Cc1ccccc1)[C@](N)(C(=O)O)C(=O)[C@@H]1CCCN1. The third-order valence-corrected chi connectivity index (χ3v) is 6.69. The minimum atomic E-state index is -3.00. The van der Waals surface area contributed by atoms with Gasteiger partial charge in [0.05, 0.1) is 18.7 Å². The number of unbranched alkanes of at least 4 members (excludes halogenated alkanes) is 1. The topological polar surface area (TPSA) is 226 Å². The first-order valence-corrected chi connectivity index (χ1v) is 12.4. The molecule has 0 radical (unpaired) electrons. The van der Waals surface area contributed by atoms with Crippen LogP contribution in [-0.2, 0) is 30.3 Å². The van der Waals surface area contributed by atoms with Crippen molar-refractivity contribution in [2.24, 2.45) is 33.3 Å². The Morgan fingerprint density at radius 1 is 1.22 bits per heavy atom. The normalized spacial score (nSPS) is 19.2. The number of esters is 1. The molecule has 0 amide bonds. The number of hydrogen-bond acceptors (Lipinski definition) is 9. The number of carbonyl (C=O) groups excluding carboxylic acids is 3. The third-order valence-electron chi connectivity index (χ3n) is 6.69. The lowest BCUT2D eigenvalue weighted by atomic mass is 9.60. The molecular weight excluding hydrogens is 480 g/mol. The lowest BCUT2D eigenvalue weighted by Gasteiger charge is -2.43. The summed E-state index contributed by atoms with van der Waals surface area (Å²) in [6.07, 6.45) is 1.37. The van der Waals surface area contributed by atoms with Gasteiger partial charge >= 0.3 is 11.9 Å². The summed E-state index contributed by atoms with van der Waals surface area (Å²) in [6.45, 7) is 1.84. The van der Waals surface area contributed by atoms with Gasteiger partial charge in [-0.25, -0.2) is 4.79 Å². The summed E-state index contributed by atoms with van der Waals surface area (Å²) in [4.78, 5) is 58.3. The maximum atomic E-state index is 14.1. The minimum Gasteiger partial charge on any atom is -0.479 e. The van der Waals surface area contributed by atoms with Crippen LogP contribution < -0.4 is 28.3 Å². The molecule has 2 rings (SSSR count). The molecule has 1 saturated heterocycles. The average Bonchev–Trinajstić information content (AvgIpc) is 3.40. The Morgan fingerprint density at radius 2 is 1.89 bits per heavy atom. The first-order valence-electron chi connectivity index (χ1n) is 12.4. The van der Waals surface area contributed by atoms with Crippen LogP contribution in [0.3, 0.4) is 0 Å². The molecule has 0 spiro atoms. The predicted molar refractivity (Wildman–Crippen MR) is 137 cm³/mol. The Labute approximate surface area is 216 Å². The molecule has 37 heavy (non-hydrogen) atoms. The lowest BCUT2D eigenvalue weighted by molar-refractivity contribution is -0.178. The summed E-state index contributed by atoms with van der Waals surface area (Å²) in [5.74, 6) is -5.47. The summed E-state index contributed by atoms with van der Waals surface area (Å²) in [7, 11) is 0. The van der Waals surface area contributed by atoms with Crippen LogP contribution in [0.4, 0.5) is 0 Å². The summed E-state index contributed by atoms with van der Waals surface area (Å²) >= 11 is 0. The Bertz CT molecular complexity index is 993. The molecule has 0 saturated carbocycles. The van der Waals surface area contributed by atoms with Gasteiger partial charge in [0.2, 0.25) is 0 Å². The molecule has 1 aromatic carbocycles. The highest BCUT2D eigenvalue weighted by Crippen LogP contribution is 2.40. The van der Waals surface area contributed by atoms with Crippen LogP contribution >= 0.6 is 0 Å². The van der Waals surface area contributed by atoms with Crippen LogP contribution in [0.15, 0.2) is 35.3 Å². The van der Waals surface area contributed by atoms with Gasteiger partial charge in [0.1, 0.15) is 0 Å². The minimum absolute atomic E-state index is 0.0302. The molecule has 1 heterocycles. The van der Waals surface area contributed by atoms with E-state index >= 15 is 0 Å². The van der Waals surface area contributed by atoms with E-state index in [1.54, 1.807) is 30.3 Å². The number of rotatable bonds is 15. The number of hydrogen-bond donors (Lipinski definition) is 6. The van der Waals surface area contributed by atoms with E-state index in [2.05, 4.69) is 10.3 Å². The number of nitrogens with one attached hydrogen (secondary N) is 1. The van der Waals surface area contributed by atoms with Crippen LogP contribution in [0, 0.1) is 5.41 Å². The van der Waals surface area contributed by atoms with Crippen molar-refractivity contribution in [2.45, 2.75) is 63.1 Å². The van der Waals surface area contributed by atoms with Crippen molar-refractivity contribution in [3.63, 3.8) is 0 Å². The maximum Gasteiger partial charge on any atom is 0.333 e. The van der Waals surface area contributed by atoms with Crippen molar-refractivity contribution >= 4 is 29.5 Å². The van der Waals surface area contributed by atoms with E-state index in [-0.39, 0.29) is 25.5 Å². The van der Waals surface area contributed by atoms with E-state index in [1.165, 1.54) is 0 Å². The summed E-state index contributed by atoms with van der Waals surface area (Å²) in [5, 5.41) is 13.3. The van der Waals surface area contributed by atoms with E-state index in [0.717, 1.165) is 0 Å². The standard InChI is InChI=1S/C25H38N6O6/c1-2-3-14-37-22(36)24(11-13-31-23(27)28,19(32)17(26)15-16-8-5-4-6-9-16)25(29,21(34)35)20(33)18-10-7-12-30-18/h4-6,8-9,17-18,30H,2-3,7,10-15,26,29H2,1H3,(H,34,35)(H4,27,28,31)/t17-,18+,24+,25-/m1/s1. The number of guanidine groups is 1. The number of aliphatic carboxylic acids is 1. The maximum absolute atomic E-state index is 14.1. The van der Waals surface area contributed by atoms with E-state index in [9.17, 15) is 24.3 Å². The molecule has 1 aliphatic heterocycles. The van der Waals surface area contributed by atoms with Gasteiger partial charge in [0.25, 0.3) is 0 Å². The Hall–Kier alpha value is -3.35. The fraction of sp³-hybridized carbons (Fsp3) is 0.560. The number of carbonyl (C=O) groups is 4. The summed E-state index contributed by atoms with van der Waals surface area (Å²) < 4.78 is 5.39. The molecule has 1 aliphatic rings. The highest BCUT2D eigenvalue weighted by molar-refractivity contribution is 6.22. The number of carboxylic acid groups (broad SMARTS) is 1. The second-order valence-corrected chi connectivity index (χ2v) is 9.24. The van der Waals surface area contributed by atoms with Crippen LogP contribution in [0.1, 0.15) is 44.6 Å². The average molecular weight is 519 g/mol. The second kappa shape index (κ2) is 13.3. The Balaban J connectivity index is 2.70. The van der Waals surface area contributed by atoms with Gasteiger partial charge in [-0.1, -0.05) is 43.7 Å². The smallest absolute Gasteiger partial charge is 0.333 e. The van der Waals surface area contributed by atoms with E-state index in [0.29, 0.717) is 37.8 Å². The molecule has 1 fully saturated rings. The molecule has 0 aliphatic carbocycles. The molecule has 0 bridgehead atoms. The summed E-state index contributed by atoms with van der Waals surface area (Å²) in [5.41, 5.74) is 18.6. The number of ether oxygens (including phenoxy) is 1. The van der Waals surface area contributed by atoms with E-state index in [4.69, 9.17) is 27.7 Å². The molecule has 4 atom stereocenters. The molecular formula is C25H38N6O6. The van der Waals surface area contributed by atoms with Crippen molar-refractivity contribution in [3.05, 3.63) is 35.9 Å². The van der Waals surface area contributed by atoms with Crippen molar-refractivity contribution in [1.82, 2.24) is 5.32 Å². The molecule has 0 unspecified atom stereocenters. The number of ketones is 2. The van der Waals surface area contributed by atoms with Gasteiger partial charge < -0.3 is 38.1 Å². The largest absolute Gasteiger partial charge is 0.479 e. The quantitative estimate of drug-likeness (QED) is 0.0555. The Morgan fingerprint density at radius 3 is 2.43 bits per heavy atom. The lowest BCUT2D eigenvalue weighted by Crippen LogP contribution is -2.75. The van der Waals surface area contributed by atoms with Gasteiger partial charge in [-0.15, -0.1) is 0 Å². The molecule has 1 aromatic rings. The highest BCUT2D eigenvalue weighted by atomic mass is 16.5. The molecule has 0 aromatic heterocycles. The molecule has 12 heteroatoms. The fourth-order valence-corrected chi connectivity index (χ4v) is 4.62. The number of nitrogens with two attached hydrogens (primary N) is 4.